The normalized spacial score (nSPS) is 23.6. The van der Waals surface area contributed by atoms with Crippen LogP contribution in [0.25, 0.3) is 0 Å². The highest BCUT2D eigenvalue weighted by Crippen LogP contribution is 2.33. The zero-order chi connectivity index (χ0) is 15.9. The van der Waals surface area contributed by atoms with Gasteiger partial charge < -0.3 is 0 Å². The first-order valence-electron chi connectivity index (χ1n) is 9.00. The fourth-order valence-electron chi connectivity index (χ4n) is 4.42. The van der Waals surface area contributed by atoms with Gasteiger partial charge in [0, 0.05) is 31.3 Å². The molecule has 1 atom stereocenters. The SMILES string of the molecule is C1=C2CN(C3Cc4ccccc4C3)CCC2=NC1c1ccccc1. The highest BCUT2D eigenvalue weighted by Gasteiger charge is 2.32. The molecule has 1 unspecified atom stereocenters. The number of nitrogens with zero attached hydrogens (tertiary/aromatic N) is 2. The minimum absolute atomic E-state index is 0.233. The predicted molar refractivity (Wildman–Crippen MR) is 98.5 cm³/mol. The first-order chi connectivity index (χ1) is 11.9. The van der Waals surface area contributed by atoms with Crippen LogP contribution in [0.3, 0.4) is 0 Å². The Labute approximate surface area is 143 Å². The molecule has 24 heavy (non-hydrogen) atoms. The lowest BCUT2D eigenvalue weighted by Crippen LogP contribution is -2.42. The maximum absolute atomic E-state index is 4.98. The lowest BCUT2D eigenvalue weighted by molar-refractivity contribution is 0.220. The van der Waals surface area contributed by atoms with Gasteiger partial charge in [0.15, 0.2) is 0 Å². The van der Waals surface area contributed by atoms with E-state index >= 15 is 0 Å². The van der Waals surface area contributed by atoms with E-state index in [-0.39, 0.29) is 6.04 Å². The van der Waals surface area contributed by atoms with Crippen LogP contribution in [-0.4, -0.2) is 29.7 Å². The Morgan fingerprint density at radius 3 is 2.33 bits per heavy atom. The molecule has 0 radical (unpaired) electrons. The summed E-state index contributed by atoms with van der Waals surface area (Å²) in [5.74, 6) is 0. The second kappa shape index (κ2) is 5.71. The van der Waals surface area contributed by atoms with Crippen molar-refractivity contribution in [1.82, 2.24) is 4.90 Å². The van der Waals surface area contributed by atoms with E-state index in [0.29, 0.717) is 6.04 Å². The molecular weight excluding hydrogens is 292 g/mol. The smallest absolute Gasteiger partial charge is 0.0940 e. The van der Waals surface area contributed by atoms with Gasteiger partial charge in [-0.15, -0.1) is 0 Å². The van der Waals surface area contributed by atoms with Crippen molar-refractivity contribution in [1.29, 1.82) is 0 Å². The molecule has 3 aliphatic rings. The average Bonchev–Trinajstić information content (AvgIpc) is 3.25. The Morgan fingerprint density at radius 1 is 0.875 bits per heavy atom. The molecule has 0 spiro atoms. The number of fused-ring (bicyclic) bond motifs is 2. The first kappa shape index (κ1) is 14.2. The second-order valence-electron chi connectivity index (χ2n) is 7.17. The number of aliphatic imine (C=N–C) groups is 1. The van der Waals surface area contributed by atoms with Crippen molar-refractivity contribution in [3.63, 3.8) is 0 Å². The number of likely N-dealkylation sites (tertiary alicyclic amines) is 1. The maximum Gasteiger partial charge on any atom is 0.0940 e. The van der Waals surface area contributed by atoms with Crippen molar-refractivity contribution in [2.75, 3.05) is 13.1 Å². The van der Waals surface area contributed by atoms with Crippen LogP contribution in [0.4, 0.5) is 0 Å². The zero-order valence-corrected chi connectivity index (χ0v) is 13.9. The highest BCUT2D eigenvalue weighted by atomic mass is 15.2. The summed E-state index contributed by atoms with van der Waals surface area (Å²) in [6.07, 6.45) is 5.90. The van der Waals surface area contributed by atoms with E-state index in [9.17, 15) is 0 Å². The van der Waals surface area contributed by atoms with Gasteiger partial charge >= 0.3 is 0 Å². The summed E-state index contributed by atoms with van der Waals surface area (Å²) in [6, 6.07) is 20.5. The Balaban J connectivity index is 1.33. The third kappa shape index (κ3) is 2.42. The lowest BCUT2D eigenvalue weighted by atomic mass is 9.99. The Kier molecular flexibility index (Phi) is 3.37. The monoisotopic (exact) mass is 314 g/mol. The van der Waals surface area contributed by atoms with Gasteiger partial charge in [-0.05, 0) is 41.2 Å². The molecule has 0 saturated carbocycles. The minimum atomic E-state index is 0.233. The van der Waals surface area contributed by atoms with E-state index < -0.39 is 0 Å². The van der Waals surface area contributed by atoms with Crippen LogP contribution < -0.4 is 0 Å². The number of benzene rings is 2. The second-order valence-corrected chi connectivity index (χ2v) is 7.17. The molecule has 2 aliphatic heterocycles. The molecule has 0 N–H and O–H groups in total. The van der Waals surface area contributed by atoms with E-state index in [0.717, 1.165) is 19.5 Å². The summed E-state index contributed by atoms with van der Waals surface area (Å²) >= 11 is 0. The van der Waals surface area contributed by atoms with Gasteiger partial charge in [0.1, 0.15) is 0 Å². The van der Waals surface area contributed by atoms with Gasteiger partial charge in [0.05, 0.1) is 6.04 Å². The first-order valence-corrected chi connectivity index (χ1v) is 9.00. The molecule has 5 rings (SSSR count). The van der Waals surface area contributed by atoms with E-state index in [1.807, 2.05) is 0 Å². The van der Waals surface area contributed by atoms with Crippen LogP contribution in [-0.2, 0) is 12.8 Å². The Morgan fingerprint density at radius 2 is 1.58 bits per heavy atom. The molecule has 2 heterocycles. The van der Waals surface area contributed by atoms with E-state index in [1.54, 1.807) is 11.1 Å². The molecule has 1 saturated heterocycles. The molecule has 120 valence electrons. The summed E-state index contributed by atoms with van der Waals surface area (Å²) in [7, 11) is 0. The van der Waals surface area contributed by atoms with Crippen LogP contribution >= 0.6 is 0 Å². The number of rotatable bonds is 2. The molecule has 0 amide bonds. The molecule has 2 heteroatoms. The van der Waals surface area contributed by atoms with Crippen molar-refractivity contribution in [2.24, 2.45) is 4.99 Å². The van der Waals surface area contributed by atoms with Gasteiger partial charge in [0.25, 0.3) is 0 Å². The third-order valence-electron chi connectivity index (χ3n) is 5.72. The van der Waals surface area contributed by atoms with Crippen LogP contribution in [0.1, 0.15) is 29.2 Å². The van der Waals surface area contributed by atoms with Crippen LogP contribution in [0, 0.1) is 0 Å². The quantitative estimate of drug-likeness (QED) is 0.818. The van der Waals surface area contributed by atoms with Gasteiger partial charge in [-0.1, -0.05) is 54.6 Å². The molecular formula is C22H22N2. The van der Waals surface area contributed by atoms with Crippen LogP contribution in [0.2, 0.25) is 0 Å². The highest BCUT2D eigenvalue weighted by molar-refractivity contribution is 6.03. The molecule has 0 bridgehead atoms. The molecule has 1 fully saturated rings. The van der Waals surface area contributed by atoms with E-state index in [1.165, 1.54) is 29.7 Å². The fraction of sp³-hybridized carbons (Fsp3) is 0.318. The minimum Gasteiger partial charge on any atom is -0.295 e. The van der Waals surface area contributed by atoms with E-state index in [2.05, 4.69) is 65.6 Å². The largest absolute Gasteiger partial charge is 0.295 e. The maximum atomic E-state index is 4.98. The van der Waals surface area contributed by atoms with Crippen LogP contribution in [0.15, 0.2) is 71.2 Å². The van der Waals surface area contributed by atoms with Gasteiger partial charge in [-0.25, -0.2) is 0 Å². The van der Waals surface area contributed by atoms with Crippen molar-refractivity contribution in [2.45, 2.75) is 31.3 Å². The Hall–Kier alpha value is -2.19. The Bertz CT molecular complexity index is 794. The standard InChI is InChI=1S/C22H22N2/c1-2-6-16(7-3-1)22-14-19-15-24(11-10-21(19)23-22)20-12-17-8-4-5-9-18(17)13-20/h1-9,14,20,22H,10-13,15H2. The van der Waals surface area contributed by atoms with Crippen molar-refractivity contribution < 1.29 is 0 Å². The summed E-state index contributed by atoms with van der Waals surface area (Å²) < 4.78 is 0. The zero-order valence-electron chi connectivity index (χ0n) is 13.9. The average molecular weight is 314 g/mol. The summed E-state index contributed by atoms with van der Waals surface area (Å²) in [5, 5.41) is 0. The van der Waals surface area contributed by atoms with Crippen molar-refractivity contribution in [3.8, 4) is 0 Å². The molecule has 2 aromatic carbocycles. The summed E-state index contributed by atoms with van der Waals surface area (Å²) in [5.41, 5.74) is 7.21. The van der Waals surface area contributed by atoms with E-state index in [4.69, 9.17) is 4.99 Å². The predicted octanol–water partition coefficient (Wildman–Crippen LogP) is 3.98. The molecule has 1 aliphatic carbocycles. The molecule has 2 nitrogen and oxygen atoms in total. The number of piperidine rings is 1. The van der Waals surface area contributed by atoms with Gasteiger partial charge in [0.2, 0.25) is 0 Å². The fourth-order valence-corrected chi connectivity index (χ4v) is 4.42. The third-order valence-corrected chi connectivity index (χ3v) is 5.72. The van der Waals surface area contributed by atoms with Crippen LogP contribution in [0.5, 0.6) is 0 Å². The summed E-state index contributed by atoms with van der Waals surface area (Å²) in [4.78, 5) is 7.66. The number of hydrogen-bond donors (Lipinski definition) is 0. The topological polar surface area (TPSA) is 15.6 Å². The van der Waals surface area contributed by atoms with Crippen molar-refractivity contribution >= 4 is 5.71 Å². The molecule has 0 aromatic heterocycles. The molecule has 2 aromatic rings. The lowest BCUT2D eigenvalue weighted by Gasteiger charge is -2.33. The number of hydrogen-bond acceptors (Lipinski definition) is 2. The van der Waals surface area contributed by atoms with Gasteiger partial charge in [-0.2, -0.15) is 0 Å². The summed E-state index contributed by atoms with van der Waals surface area (Å²) in [6.45, 7) is 2.22. The van der Waals surface area contributed by atoms with Gasteiger partial charge in [-0.3, -0.25) is 9.89 Å². The van der Waals surface area contributed by atoms with Crippen molar-refractivity contribution in [3.05, 3.63) is 82.9 Å².